The maximum atomic E-state index is 6.46. The van der Waals surface area contributed by atoms with Gasteiger partial charge in [0.1, 0.15) is 17.5 Å². The van der Waals surface area contributed by atoms with Crippen LogP contribution in [0.1, 0.15) is 71.3 Å². The van der Waals surface area contributed by atoms with Crippen LogP contribution in [0.5, 0.6) is 5.75 Å². The lowest BCUT2D eigenvalue weighted by atomic mass is 9.97. The van der Waals surface area contributed by atoms with Crippen molar-refractivity contribution >= 4 is 0 Å². The lowest BCUT2D eigenvalue weighted by molar-refractivity contribution is 0.186. The van der Waals surface area contributed by atoms with Crippen molar-refractivity contribution in [2.75, 3.05) is 13.1 Å². The van der Waals surface area contributed by atoms with Crippen molar-refractivity contribution in [2.24, 2.45) is 0 Å². The lowest BCUT2D eigenvalue weighted by Crippen LogP contribution is -2.30. The molecule has 2 fully saturated rings. The van der Waals surface area contributed by atoms with Crippen LogP contribution in [0.15, 0.2) is 16.8 Å². The Kier molecular flexibility index (Phi) is 4.70. The normalized spacial score (nSPS) is 21.2. The Morgan fingerprint density at radius 3 is 2.59 bits per heavy atom. The number of likely N-dealkylation sites (tertiary alicyclic amines) is 1. The molecule has 1 aliphatic heterocycles. The van der Waals surface area contributed by atoms with Gasteiger partial charge < -0.3 is 9.26 Å². The van der Waals surface area contributed by atoms with Crippen molar-refractivity contribution in [1.29, 1.82) is 0 Å². The van der Waals surface area contributed by atoms with Crippen molar-refractivity contribution in [2.45, 2.75) is 77.4 Å². The second-order valence-electron chi connectivity index (χ2n) is 9.17. The third-order valence-corrected chi connectivity index (χ3v) is 5.41. The molecule has 1 aliphatic carbocycles. The van der Waals surface area contributed by atoms with E-state index in [9.17, 15) is 0 Å². The van der Waals surface area contributed by atoms with E-state index in [2.05, 4.69) is 54.6 Å². The zero-order valence-corrected chi connectivity index (χ0v) is 17.0. The van der Waals surface area contributed by atoms with Gasteiger partial charge in [-0.05, 0) is 39.0 Å². The highest BCUT2D eigenvalue weighted by atomic mass is 16.5. The number of hydrogen-bond acceptors (Lipinski definition) is 6. The van der Waals surface area contributed by atoms with E-state index in [0.717, 1.165) is 25.3 Å². The molecule has 1 unspecified atom stereocenters. The fraction of sp³-hybridized carbons (Fsp3) is 0.667. The van der Waals surface area contributed by atoms with E-state index in [1.807, 2.05) is 12.3 Å². The summed E-state index contributed by atoms with van der Waals surface area (Å²) in [6, 6.07) is 2.56. The quantitative estimate of drug-likeness (QED) is 0.787. The Hall–Kier alpha value is -1.95. The number of ether oxygens (including phenoxy) is 1. The summed E-state index contributed by atoms with van der Waals surface area (Å²) >= 11 is 0. The van der Waals surface area contributed by atoms with Gasteiger partial charge in [0.25, 0.3) is 0 Å². The third kappa shape index (κ3) is 4.00. The Morgan fingerprint density at radius 1 is 1.22 bits per heavy atom. The molecule has 0 radical (unpaired) electrons. The molecule has 27 heavy (non-hydrogen) atoms. The maximum Gasteiger partial charge on any atom is 0.232 e. The summed E-state index contributed by atoms with van der Waals surface area (Å²) in [5.41, 5.74) is 1.76. The first-order chi connectivity index (χ1) is 12.8. The van der Waals surface area contributed by atoms with Crippen molar-refractivity contribution in [3.8, 4) is 17.3 Å². The number of rotatable bonds is 5. The van der Waals surface area contributed by atoms with E-state index in [4.69, 9.17) is 9.26 Å². The molecule has 0 N–H and O–H groups in total. The van der Waals surface area contributed by atoms with E-state index in [0.29, 0.717) is 29.4 Å². The van der Waals surface area contributed by atoms with E-state index < -0.39 is 0 Å². The van der Waals surface area contributed by atoms with Crippen molar-refractivity contribution in [3.05, 3.63) is 23.7 Å². The van der Waals surface area contributed by atoms with Gasteiger partial charge in [0, 0.05) is 42.4 Å². The number of hydrogen-bond donors (Lipinski definition) is 0. The van der Waals surface area contributed by atoms with Crippen LogP contribution in [-0.4, -0.2) is 45.3 Å². The molecule has 1 atom stereocenters. The van der Waals surface area contributed by atoms with Crippen molar-refractivity contribution in [1.82, 2.24) is 20.0 Å². The maximum absolute atomic E-state index is 6.46. The first-order valence-corrected chi connectivity index (χ1v) is 10.1. The first-order valence-electron chi connectivity index (χ1n) is 10.1. The standard InChI is InChI=1S/C21H30N4O2/c1-13(2)25-9-8-15(12-25)26-18-10-17(22-11-16(18)14-6-7-14)19-23-20(27-24-19)21(3,4)5/h10-11,13-15H,6-9,12H2,1-5H3. The molecular formula is C21H30N4O2. The average molecular weight is 370 g/mol. The molecule has 146 valence electrons. The molecule has 2 aromatic heterocycles. The third-order valence-electron chi connectivity index (χ3n) is 5.41. The molecule has 6 nitrogen and oxygen atoms in total. The van der Waals surface area contributed by atoms with Crippen LogP contribution in [0.4, 0.5) is 0 Å². The van der Waals surface area contributed by atoms with Crippen LogP contribution in [0, 0.1) is 0 Å². The summed E-state index contributed by atoms with van der Waals surface area (Å²) in [7, 11) is 0. The topological polar surface area (TPSA) is 64.3 Å². The van der Waals surface area contributed by atoms with Gasteiger partial charge in [-0.1, -0.05) is 25.9 Å². The van der Waals surface area contributed by atoms with Crippen LogP contribution in [0.2, 0.25) is 0 Å². The van der Waals surface area contributed by atoms with Crippen LogP contribution in [0.25, 0.3) is 11.5 Å². The Labute approximate surface area is 161 Å². The second-order valence-corrected chi connectivity index (χ2v) is 9.17. The SMILES string of the molecule is CC(C)N1CCC(Oc2cc(-c3noc(C(C)(C)C)n3)ncc2C2CC2)C1. The van der Waals surface area contributed by atoms with Gasteiger partial charge in [-0.2, -0.15) is 4.98 Å². The highest BCUT2D eigenvalue weighted by Crippen LogP contribution is 2.45. The largest absolute Gasteiger partial charge is 0.489 e. The Balaban J connectivity index is 1.58. The van der Waals surface area contributed by atoms with Crippen LogP contribution >= 0.6 is 0 Å². The monoisotopic (exact) mass is 370 g/mol. The van der Waals surface area contributed by atoms with Gasteiger partial charge >= 0.3 is 0 Å². The van der Waals surface area contributed by atoms with E-state index >= 15 is 0 Å². The zero-order valence-electron chi connectivity index (χ0n) is 17.0. The lowest BCUT2D eigenvalue weighted by Gasteiger charge is -2.21. The van der Waals surface area contributed by atoms with E-state index in [-0.39, 0.29) is 11.5 Å². The van der Waals surface area contributed by atoms with Gasteiger partial charge in [0.15, 0.2) is 0 Å². The van der Waals surface area contributed by atoms with Gasteiger partial charge in [-0.25, -0.2) is 0 Å². The molecule has 0 aromatic carbocycles. The zero-order chi connectivity index (χ0) is 19.2. The van der Waals surface area contributed by atoms with Crippen molar-refractivity contribution < 1.29 is 9.26 Å². The molecule has 6 heteroatoms. The second kappa shape index (κ2) is 6.89. The summed E-state index contributed by atoms with van der Waals surface area (Å²) in [5, 5.41) is 4.14. The fourth-order valence-electron chi connectivity index (χ4n) is 3.50. The molecule has 0 bridgehead atoms. The van der Waals surface area contributed by atoms with Crippen LogP contribution < -0.4 is 4.74 Å². The molecule has 0 spiro atoms. The summed E-state index contributed by atoms with van der Waals surface area (Å²) in [4.78, 5) is 11.6. The fourth-order valence-corrected chi connectivity index (χ4v) is 3.50. The number of aromatic nitrogens is 3. The summed E-state index contributed by atoms with van der Waals surface area (Å²) < 4.78 is 11.9. The van der Waals surface area contributed by atoms with Gasteiger partial charge in [0.05, 0.1) is 0 Å². The minimum Gasteiger partial charge on any atom is -0.489 e. The highest BCUT2D eigenvalue weighted by molar-refractivity contribution is 5.54. The Morgan fingerprint density at radius 2 is 2.00 bits per heavy atom. The van der Waals surface area contributed by atoms with Crippen LogP contribution in [0.3, 0.4) is 0 Å². The summed E-state index contributed by atoms with van der Waals surface area (Å²) in [6.45, 7) is 12.7. The number of pyridine rings is 1. The minimum atomic E-state index is -0.178. The predicted octanol–water partition coefficient (Wildman–Crippen LogP) is 4.17. The highest BCUT2D eigenvalue weighted by Gasteiger charge is 2.31. The molecule has 3 heterocycles. The average Bonchev–Trinajstić information content (AvgIpc) is 3.12. The summed E-state index contributed by atoms with van der Waals surface area (Å²) in [6.07, 6.45) is 5.68. The first kappa shape index (κ1) is 18.4. The van der Waals surface area contributed by atoms with Gasteiger partial charge in [-0.3, -0.25) is 9.88 Å². The molecule has 4 rings (SSSR count). The molecule has 0 amide bonds. The van der Waals surface area contributed by atoms with E-state index in [1.54, 1.807) is 0 Å². The smallest absolute Gasteiger partial charge is 0.232 e. The molecule has 1 saturated heterocycles. The van der Waals surface area contributed by atoms with Gasteiger partial charge in [-0.15, -0.1) is 0 Å². The number of nitrogens with zero attached hydrogens (tertiary/aromatic N) is 4. The predicted molar refractivity (Wildman–Crippen MR) is 104 cm³/mol. The van der Waals surface area contributed by atoms with Crippen LogP contribution in [-0.2, 0) is 5.41 Å². The molecular weight excluding hydrogens is 340 g/mol. The molecule has 2 aromatic rings. The Bertz CT molecular complexity index is 805. The van der Waals surface area contributed by atoms with Gasteiger partial charge in [0.2, 0.25) is 11.7 Å². The van der Waals surface area contributed by atoms with E-state index in [1.165, 1.54) is 18.4 Å². The minimum absolute atomic E-state index is 0.178. The molecule has 1 saturated carbocycles. The molecule has 2 aliphatic rings. The van der Waals surface area contributed by atoms with Crippen molar-refractivity contribution in [3.63, 3.8) is 0 Å². The summed E-state index contributed by atoms with van der Waals surface area (Å²) in [5.74, 6) is 2.68.